The summed E-state index contributed by atoms with van der Waals surface area (Å²) in [5.74, 6) is -3.49. The molecule has 3 saturated heterocycles. The number of nitrogens with one attached hydrogen (secondary N) is 1. The van der Waals surface area contributed by atoms with E-state index in [9.17, 15) is 19.5 Å². The quantitative estimate of drug-likeness (QED) is 0.167. The van der Waals surface area contributed by atoms with Crippen LogP contribution in [0.15, 0.2) is 24.4 Å². The van der Waals surface area contributed by atoms with Crippen molar-refractivity contribution in [3.63, 3.8) is 0 Å². The second-order valence-electron chi connectivity index (χ2n) is 17.8. The number of nitrogens with two attached hydrogens (primary N) is 1. The van der Waals surface area contributed by atoms with Crippen molar-refractivity contribution in [2.24, 2.45) is 11.8 Å². The van der Waals surface area contributed by atoms with Gasteiger partial charge in [0.15, 0.2) is 17.7 Å². The topological polar surface area (TPSA) is 206 Å². The number of aromatic nitrogens is 4. The van der Waals surface area contributed by atoms with Crippen LogP contribution in [0.4, 0.5) is 15.0 Å². The van der Waals surface area contributed by atoms with Crippen molar-refractivity contribution in [2.45, 2.75) is 160 Å². The van der Waals surface area contributed by atoms with E-state index in [2.05, 4.69) is 20.6 Å². The van der Waals surface area contributed by atoms with Crippen molar-refractivity contribution in [3.8, 4) is 11.4 Å². The zero-order valence-corrected chi connectivity index (χ0v) is 37.1. The van der Waals surface area contributed by atoms with Gasteiger partial charge in [-0.3, -0.25) is 14.4 Å². The van der Waals surface area contributed by atoms with Gasteiger partial charge in [0, 0.05) is 38.2 Å². The summed E-state index contributed by atoms with van der Waals surface area (Å²) in [7, 11) is 5.20. The molecule has 0 saturated carbocycles. The number of Topliss-reactive ketones (excluding diaryl/α,β-unsaturated/α-hetero) is 1. The highest BCUT2D eigenvalue weighted by Gasteiger charge is 2.60. The van der Waals surface area contributed by atoms with Gasteiger partial charge in [-0.25, -0.2) is 19.0 Å². The molecule has 18 heteroatoms. The van der Waals surface area contributed by atoms with Gasteiger partial charge in [-0.15, -0.1) is 5.10 Å². The molecule has 3 aliphatic heterocycles. The van der Waals surface area contributed by atoms with Crippen LogP contribution in [-0.4, -0.2) is 153 Å². The van der Waals surface area contributed by atoms with E-state index < -0.39 is 77.3 Å². The summed E-state index contributed by atoms with van der Waals surface area (Å²) in [5, 5.41) is 23.5. The van der Waals surface area contributed by atoms with Gasteiger partial charge in [0.25, 0.3) is 5.67 Å². The number of hydrogen-bond acceptors (Lipinski definition) is 15. The number of likely N-dealkylation sites (N-methyl/N-ethyl adjacent to an activating group) is 1. The number of carbonyl (C=O) groups excluding carboxylic acids is 3. The second kappa shape index (κ2) is 19.1. The van der Waals surface area contributed by atoms with Gasteiger partial charge in [0.05, 0.1) is 35.7 Å². The zero-order valence-electron chi connectivity index (χ0n) is 37.1. The van der Waals surface area contributed by atoms with Crippen molar-refractivity contribution in [1.82, 2.24) is 35.1 Å². The molecule has 3 unspecified atom stereocenters. The molecule has 13 atom stereocenters. The van der Waals surface area contributed by atoms with Crippen LogP contribution in [0.5, 0.6) is 0 Å². The third kappa shape index (κ3) is 9.94. The number of rotatable bonds is 11. The molecule has 3 fully saturated rings. The zero-order chi connectivity index (χ0) is 44.3. The maximum Gasteiger partial charge on any atom is 0.410 e. The first-order chi connectivity index (χ1) is 28.2. The molecule has 2 aromatic heterocycles. The number of methoxy groups -OCH3 is 1. The fraction of sp³-hybridized carbons (Fsp3) is 0.762. The van der Waals surface area contributed by atoms with E-state index in [1.807, 2.05) is 39.8 Å². The number of hydrogen-bond donors (Lipinski definition) is 3. The van der Waals surface area contributed by atoms with Gasteiger partial charge in [0.2, 0.25) is 0 Å². The Bertz CT molecular complexity index is 1800. The van der Waals surface area contributed by atoms with Crippen molar-refractivity contribution >= 4 is 23.7 Å². The average molecular weight is 847 g/mol. The predicted molar refractivity (Wildman–Crippen MR) is 220 cm³/mol. The van der Waals surface area contributed by atoms with E-state index in [0.29, 0.717) is 62.5 Å². The molecule has 4 N–H and O–H groups in total. The normalized spacial score (nSPS) is 37.3. The minimum absolute atomic E-state index is 0.119. The van der Waals surface area contributed by atoms with Crippen molar-refractivity contribution in [1.29, 1.82) is 0 Å². The van der Waals surface area contributed by atoms with Crippen LogP contribution in [0.25, 0.3) is 11.4 Å². The molecule has 2 aromatic rings. The smallest absolute Gasteiger partial charge is 0.410 e. The van der Waals surface area contributed by atoms with Gasteiger partial charge in [0.1, 0.15) is 23.7 Å². The maximum atomic E-state index is 17.0. The van der Waals surface area contributed by atoms with E-state index >= 15 is 4.39 Å². The molecule has 5 heterocycles. The van der Waals surface area contributed by atoms with E-state index in [-0.39, 0.29) is 24.5 Å². The molecule has 3 aliphatic rings. The number of ether oxygens (including phenoxy) is 5. The highest BCUT2D eigenvalue weighted by atomic mass is 19.1. The summed E-state index contributed by atoms with van der Waals surface area (Å²) < 4.78 is 49.5. The van der Waals surface area contributed by atoms with Gasteiger partial charge in [-0.2, -0.15) is 0 Å². The number of anilines is 1. The summed E-state index contributed by atoms with van der Waals surface area (Å²) in [4.78, 5) is 49.9. The molecular formula is C42H67FN8O9. The molecule has 1 amide bonds. The van der Waals surface area contributed by atoms with Crippen molar-refractivity contribution in [2.75, 3.05) is 40.0 Å². The molecular weight excluding hydrogens is 780 g/mol. The lowest BCUT2D eigenvalue weighted by molar-refractivity contribution is -0.295. The number of nitrogens with zero attached hydrogens (tertiary/aromatic N) is 6. The SMILES string of the molecule is CC[C@H]1OC(=O)C(C)(F)C(=O)[C@H](C)[C@@H](O[C@@H]2O[C@H](C)CC(N(C)C)C2O)[C@](C)(OC)C[C@@H](C)CN[C@H](C)[C@H]2N(CCCCn3cc(-c4cccc(N)n4)nn3)C(=O)O[C@]12C. The second-order valence-corrected chi connectivity index (χ2v) is 17.8. The Morgan fingerprint density at radius 3 is 2.43 bits per heavy atom. The monoisotopic (exact) mass is 847 g/mol. The van der Waals surface area contributed by atoms with Gasteiger partial charge in [-0.1, -0.05) is 32.1 Å². The van der Waals surface area contributed by atoms with Crippen LogP contribution in [0.2, 0.25) is 0 Å². The first kappa shape index (κ1) is 47.2. The molecule has 17 nitrogen and oxygen atoms in total. The summed E-state index contributed by atoms with van der Waals surface area (Å²) in [5.41, 5.74) is 1.25. The molecule has 0 radical (unpaired) electrons. The van der Waals surface area contributed by atoms with E-state index in [4.69, 9.17) is 29.4 Å². The lowest BCUT2D eigenvalue weighted by atomic mass is 9.78. The molecule has 0 spiro atoms. The number of unbranched alkanes of at least 4 members (excludes halogenated alkanes) is 1. The first-order valence-corrected chi connectivity index (χ1v) is 21.2. The highest BCUT2D eigenvalue weighted by molar-refractivity contribution is 6.07. The number of aliphatic hydroxyl groups is 1. The lowest BCUT2D eigenvalue weighted by Gasteiger charge is -2.47. The number of cyclic esters (lactones) is 1. The van der Waals surface area contributed by atoms with E-state index in [0.717, 1.165) is 6.92 Å². The Hall–Kier alpha value is -3.81. The number of aliphatic hydroxyl groups excluding tert-OH is 1. The molecule has 0 bridgehead atoms. The fourth-order valence-electron chi connectivity index (χ4n) is 9.34. The number of pyridine rings is 1. The van der Waals surface area contributed by atoms with E-state index in [1.165, 1.54) is 14.0 Å². The minimum atomic E-state index is -3.14. The van der Waals surface area contributed by atoms with Gasteiger partial charge >= 0.3 is 12.1 Å². The lowest BCUT2D eigenvalue weighted by Crippen LogP contribution is -2.61. The summed E-state index contributed by atoms with van der Waals surface area (Å²) >= 11 is 0. The Kier molecular flexibility index (Phi) is 15.0. The number of fused-ring (bicyclic) bond motifs is 1. The summed E-state index contributed by atoms with van der Waals surface area (Å²) in [6.45, 7) is 14.7. The van der Waals surface area contributed by atoms with Crippen LogP contribution >= 0.6 is 0 Å². The number of nitrogen functional groups attached to an aromatic ring is 1. The standard InChI is InChI=1S/C42H67FN8O9/c1-12-31-42(8)34(51(39(55)60-42)19-14-13-18-50-23-29(47-48-50)28-16-15-17-32(44)46-28)27(5)45-22-24(2)21-40(6,56-11)36(26(4)35(53)41(7,43)38(54)58-31)59-37-33(52)30(49(9)10)20-25(3)57-37/h15-17,23-27,30-31,33-34,36-37,45,52H,12-14,18-22H2,1-11H3,(H2,44,46)/t24-,25-,26+,27-,30?,31-,33?,34-,36-,37+,40-,41?,42-/m1/s1. The summed E-state index contributed by atoms with van der Waals surface area (Å²) in [6, 6.07) is 3.92. The summed E-state index contributed by atoms with van der Waals surface area (Å²) in [6.07, 6.45) is -1.40. The Labute approximate surface area is 353 Å². The predicted octanol–water partition coefficient (Wildman–Crippen LogP) is 3.77. The molecule has 336 valence electrons. The van der Waals surface area contributed by atoms with Gasteiger partial charge in [-0.05, 0) is 105 Å². The van der Waals surface area contributed by atoms with Crippen LogP contribution in [-0.2, 0) is 39.8 Å². The molecule has 0 aromatic carbocycles. The highest BCUT2D eigenvalue weighted by Crippen LogP contribution is 2.41. The number of esters is 1. The maximum absolute atomic E-state index is 17.0. The Morgan fingerprint density at radius 2 is 1.78 bits per heavy atom. The molecule has 0 aliphatic carbocycles. The van der Waals surface area contributed by atoms with Gasteiger partial charge < -0.3 is 44.7 Å². The van der Waals surface area contributed by atoms with Crippen molar-refractivity contribution < 1.29 is 47.6 Å². The number of aryl methyl sites for hydroxylation is 1. The minimum Gasteiger partial charge on any atom is -0.455 e. The molecule has 5 rings (SSSR count). The third-order valence-electron chi connectivity index (χ3n) is 12.7. The Balaban J connectivity index is 1.40. The average Bonchev–Trinajstić information content (AvgIpc) is 3.77. The number of ketones is 1. The van der Waals surface area contributed by atoms with Crippen LogP contribution in [0.1, 0.15) is 87.5 Å². The van der Waals surface area contributed by atoms with E-state index in [1.54, 1.807) is 54.7 Å². The third-order valence-corrected chi connectivity index (χ3v) is 12.7. The van der Waals surface area contributed by atoms with Crippen LogP contribution in [0, 0.1) is 11.8 Å². The van der Waals surface area contributed by atoms with Crippen LogP contribution < -0.4 is 11.1 Å². The van der Waals surface area contributed by atoms with Crippen LogP contribution in [0.3, 0.4) is 0 Å². The van der Waals surface area contributed by atoms with Crippen molar-refractivity contribution in [3.05, 3.63) is 24.4 Å². The number of halogens is 1. The first-order valence-electron chi connectivity index (χ1n) is 21.2. The number of carbonyl (C=O) groups is 3. The Morgan fingerprint density at radius 1 is 1.08 bits per heavy atom. The number of amides is 1. The largest absolute Gasteiger partial charge is 0.455 e. The number of alkyl halides is 1. The fourth-order valence-corrected chi connectivity index (χ4v) is 9.34. The molecule has 60 heavy (non-hydrogen) atoms.